The second-order valence-electron chi connectivity index (χ2n) is 6.50. The highest BCUT2D eigenvalue weighted by Gasteiger charge is 2.17. The second-order valence-corrected chi connectivity index (χ2v) is 12.8. The molecule has 0 aliphatic heterocycles. The van der Waals surface area contributed by atoms with Gasteiger partial charge in [-0.25, -0.2) is 0 Å². The first-order valence-electron chi connectivity index (χ1n) is 7.27. The number of carbonyl (C=O) groups is 1. The summed E-state index contributed by atoms with van der Waals surface area (Å²) in [6.45, 7) is 6.76. The monoisotopic (exact) mass is 363 g/mol. The third kappa shape index (κ3) is 4.17. The molecule has 2 rings (SSSR count). The first-order chi connectivity index (χ1) is 9.92. The molecule has 0 aromatic heterocycles. The number of carbonyl (C=O) groups excluding carboxylic acids is 1. The van der Waals surface area contributed by atoms with E-state index < -0.39 is 8.07 Å². The van der Waals surface area contributed by atoms with E-state index in [-0.39, 0.29) is 5.91 Å². The zero-order chi connectivity index (χ0) is 15.5. The highest BCUT2D eigenvalue weighted by Crippen LogP contribution is 2.23. The van der Waals surface area contributed by atoms with Crippen molar-refractivity contribution in [1.82, 2.24) is 5.32 Å². The van der Waals surface area contributed by atoms with Crippen molar-refractivity contribution in [2.45, 2.75) is 26.1 Å². The van der Waals surface area contributed by atoms with Gasteiger partial charge in [0.25, 0.3) is 5.91 Å². The Bertz CT molecular complexity index is 649. The van der Waals surface area contributed by atoms with Crippen molar-refractivity contribution in [1.29, 1.82) is 0 Å². The van der Waals surface area contributed by atoms with Crippen molar-refractivity contribution >= 4 is 40.7 Å². The molecule has 112 valence electrons. The van der Waals surface area contributed by atoms with Crippen LogP contribution in [-0.2, 0) is 6.42 Å². The molecule has 2 aromatic rings. The lowest BCUT2D eigenvalue weighted by Crippen LogP contribution is -2.39. The Kier molecular flexibility index (Phi) is 5.22. The number of hydrogen-bond acceptors (Lipinski definition) is 1. The van der Waals surface area contributed by atoms with Crippen LogP contribution < -0.4 is 5.32 Å². The standard InChI is InChI=1S/C17H22BrNOSi/c1-21(2,3)12-19-17(20)16-9-8-13(10-11-18)14-6-4-5-7-15(14)16/h4-9H,10-12H2,1-3H3,(H,19,20). The first-order valence-corrected chi connectivity index (χ1v) is 12.1. The van der Waals surface area contributed by atoms with Crippen LogP contribution in [0.3, 0.4) is 0 Å². The van der Waals surface area contributed by atoms with Crippen LogP contribution in [0.5, 0.6) is 0 Å². The first kappa shape index (κ1) is 16.2. The molecule has 0 atom stereocenters. The second kappa shape index (κ2) is 6.75. The fraction of sp³-hybridized carbons (Fsp3) is 0.353. The van der Waals surface area contributed by atoms with E-state index in [1.807, 2.05) is 24.3 Å². The normalized spacial score (nSPS) is 11.6. The molecule has 0 aliphatic rings. The van der Waals surface area contributed by atoms with Crippen LogP contribution in [0.1, 0.15) is 15.9 Å². The summed E-state index contributed by atoms with van der Waals surface area (Å²) in [4.78, 5) is 12.5. The SMILES string of the molecule is C[Si](C)(C)CNC(=O)c1ccc(CCBr)c2ccccc12. The predicted molar refractivity (Wildman–Crippen MR) is 97.1 cm³/mol. The number of fused-ring (bicyclic) bond motifs is 1. The minimum atomic E-state index is -1.28. The molecule has 0 heterocycles. The summed E-state index contributed by atoms with van der Waals surface area (Å²) in [7, 11) is -1.28. The van der Waals surface area contributed by atoms with Crippen molar-refractivity contribution in [3.8, 4) is 0 Å². The number of hydrogen-bond donors (Lipinski definition) is 1. The maximum Gasteiger partial charge on any atom is 0.251 e. The molecule has 21 heavy (non-hydrogen) atoms. The summed E-state index contributed by atoms with van der Waals surface area (Å²) in [5, 5.41) is 6.25. The van der Waals surface area contributed by atoms with Crippen LogP contribution in [0.25, 0.3) is 10.8 Å². The largest absolute Gasteiger partial charge is 0.355 e. The summed E-state index contributed by atoms with van der Waals surface area (Å²) in [6.07, 6.45) is 1.78. The number of rotatable bonds is 5. The van der Waals surface area contributed by atoms with Gasteiger partial charge in [-0.3, -0.25) is 4.79 Å². The molecule has 0 aliphatic carbocycles. The van der Waals surface area contributed by atoms with Gasteiger partial charge in [0.15, 0.2) is 0 Å². The molecule has 0 unspecified atom stereocenters. The zero-order valence-corrected chi connectivity index (χ0v) is 15.5. The van der Waals surface area contributed by atoms with E-state index in [9.17, 15) is 4.79 Å². The average Bonchev–Trinajstić information content (AvgIpc) is 2.44. The van der Waals surface area contributed by atoms with Crippen LogP contribution in [0.2, 0.25) is 19.6 Å². The van der Waals surface area contributed by atoms with Gasteiger partial charge in [-0.15, -0.1) is 0 Å². The van der Waals surface area contributed by atoms with Crippen LogP contribution in [0.4, 0.5) is 0 Å². The Morgan fingerprint density at radius 3 is 2.38 bits per heavy atom. The van der Waals surface area contributed by atoms with Crippen molar-refractivity contribution in [2.75, 3.05) is 11.5 Å². The highest BCUT2D eigenvalue weighted by atomic mass is 79.9. The van der Waals surface area contributed by atoms with Crippen LogP contribution in [-0.4, -0.2) is 25.5 Å². The lowest BCUT2D eigenvalue weighted by atomic mass is 9.98. The maximum absolute atomic E-state index is 12.5. The van der Waals surface area contributed by atoms with Gasteiger partial charge in [0, 0.05) is 17.1 Å². The molecule has 0 spiro atoms. The molecule has 1 N–H and O–H groups in total. The molecule has 0 saturated heterocycles. The van der Waals surface area contributed by atoms with Gasteiger partial charge >= 0.3 is 0 Å². The van der Waals surface area contributed by atoms with E-state index in [4.69, 9.17) is 0 Å². The van der Waals surface area contributed by atoms with Crippen LogP contribution >= 0.6 is 15.9 Å². The lowest BCUT2D eigenvalue weighted by Gasteiger charge is -2.17. The van der Waals surface area contributed by atoms with Gasteiger partial charge in [0.2, 0.25) is 0 Å². The third-order valence-electron chi connectivity index (χ3n) is 3.40. The number of aryl methyl sites for hydroxylation is 1. The Balaban J connectivity index is 2.37. The molecule has 2 aromatic carbocycles. The molecule has 0 bridgehead atoms. The highest BCUT2D eigenvalue weighted by molar-refractivity contribution is 9.09. The number of halogens is 1. The Morgan fingerprint density at radius 1 is 1.10 bits per heavy atom. The van der Waals surface area contributed by atoms with E-state index in [1.54, 1.807) is 0 Å². The Morgan fingerprint density at radius 2 is 1.76 bits per heavy atom. The fourth-order valence-corrected chi connectivity index (χ4v) is 3.44. The van der Waals surface area contributed by atoms with Crippen molar-refractivity contribution in [3.63, 3.8) is 0 Å². The molecule has 0 fully saturated rings. The minimum absolute atomic E-state index is 0.0408. The molecular weight excluding hydrogens is 342 g/mol. The maximum atomic E-state index is 12.5. The van der Waals surface area contributed by atoms with Crippen molar-refractivity contribution < 1.29 is 4.79 Å². The van der Waals surface area contributed by atoms with E-state index >= 15 is 0 Å². The minimum Gasteiger partial charge on any atom is -0.355 e. The average molecular weight is 364 g/mol. The fourth-order valence-electron chi connectivity index (χ4n) is 2.32. The molecule has 0 radical (unpaired) electrons. The van der Waals surface area contributed by atoms with Gasteiger partial charge in [-0.1, -0.05) is 65.9 Å². The van der Waals surface area contributed by atoms with Gasteiger partial charge in [-0.2, -0.15) is 0 Å². The molecule has 4 heteroatoms. The molecular formula is C17H22BrNOSi. The van der Waals surface area contributed by atoms with Crippen molar-refractivity contribution in [2.24, 2.45) is 0 Å². The third-order valence-corrected chi connectivity index (χ3v) is 5.04. The Labute approximate surface area is 136 Å². The molecule has 2 nitrogen and oxygen atoms in total. The molecule has 0 saturated carbocycles. The summed E-state index contributed by atoms with van der Waals surface area (Å²) in [5.41, 5.74) is 2.06. The molecule has 1 amide bonds. The van der Waals surface area contributed by atoms with Crippen LogP contribution in [0.15, 0.2) is 36.4 Å². The van der Waals surface area contributed by atoms with E-state index in [1.165, 1.54) is 10.9 Å². The number of amides is 1. The predicted octanol–water partition coefficient (Wildman–Crippen LogP) is 4.38. The van der Waals surface area contributed by atoms with E-state index in [2.05, 4.69) is 53.0 Å². The topological polar surface area (TPSA) is 29.1 Å². The Hall–Kier alpha value is -1.13. The van der Waals surface area contributed by atoms with E-state index in [0.29, 0.717) is 0 Å². The van der Waals surface area contributed by atoms with Gasteiger partial charge in [0.1, 0.15) is 0 Å². The van der Waals surface area contributed by atoms with E-state index in [0.717, 1.165) is 28.9 Å². The number of alkyl halides is 1. The zero-order valence-electron chi connectivity index (χ0n) is 12.9. The number of nitrogens with one attached hydrogen (secondary N) is 1. The number of benzene rings is 2. The van der Waals surface area contributed by atoms with Crippen LogP contribution in [0, 0.1) is 0 Å². The van der Waals surface area contributed by atoms with Crippen molar-refractivity contribution in [3.05, 3.63) is 47.5 Å². The van der Waals surface area contributed by atoms with Gasteiger partial charge in [0.05, 0.1) is 8.07 Å². The quantitative estimate of drug-likeness (QED) is 0.619. The lowest BCUT2D eigenvalue weighted by molar-refractivity contribution is 0.0961. The summed E-state index contributed by atoms with van der Waals surface area (Å²) in [6, 6.07) is 12.2. The summed E-state index contributed by atoms with van der Waals surface area (Å²) in [5.74, 6) is 0.0408. The smallest absolute Gasteiger partial charge is 0.251 e. The summed E-state index contributed by atoms with van der Waals surface area (Å²) >= 11 is 3.49. The van der Waals surface area contributed by atoms with Gasteiger partial charge < -0.3 is 5.32 Å². The summed E-state index contributed by atoms with van der Waals surface area (Å²) < 4.78 is 0. The van der Waals surface area contributed by atoms with Gasteiger partial charge in [-0.05, 0) is 28.8 Å².